The van der Waals surface area contributed by atoms with Crippen molar-refractivity contribution in [3.05, 3.63) is 81.1 Å². The van der Waals surface area contributed by atoms with Crippen LogP contribution in [0, 0.1) is 12.7 Å². The maximum Gasteiger partial charge on any atom is 0.263 e. The summed E-state index contributed by atoms with van der Waals surface area (Å²) in [5.74, 6) is -1.65. The van der Waals surface area contributed by atoms with Crippen LogP contribution in [0.15, 0.2) is 54.2 Å². The highest BCUT2D eigenvalue weighted by molar-refractivity contribution is 7.17. The molecule has 1 heterocycles. The maximum atomic E-state index is 13.8. The van der Waals surface area contributed by atoms with E-state index in [1.54, 1.807) is 6.92 Å². The summed E-state index contributed by atoms with van der Waals surface area (Å²) >= 11 is 6.85. The Morgan fingerprint density at radius 2 is 2.00 bits per heavy atom. The number of rotatable bonds is 5. The molecular formula is C22H23ClFN3O2S. The lowest BCUT2D eigenvalue weighted by molar-refractivity contribution is 0.0959. The predicted molar refractivity (Wildman–Crippen MR) is 121 cm³/mol. The highest BCUT2D eigenvalue weighted by Gasteiger charge is 2.19. The Bertz CT molecular complexity index is 1010. The smallest absolute Gasteiger partial charge is 0.263 e. The number of carbonyl (C=O) groups excluding carboxylic acids is 2. The van der Waals surface area contributed by atoms with E-state index in [2.05, 4.69) is 15.6 Å². The summed E-state index contributed by atoms with van der Waals surface area (Å²) in [5.41, 5.74) is 1.30. The van der Waals surface area contributed by atoms with Gasteiger partial charge in [0.25, 0.3) is 11.8 Å². The van der Waals surface area contributed by atoms with Crippen LogP contribution in [0.3, 0.4) is 0 Å². The number of benzene rings is 1. The normalized spacial score (nSPS) is 12.4. The minimum absolute atomic E-state index is 0.188. The largest absolute Gasteiger partial charge is 0.347 e. The van der Waals surface area contributed by atoms with Gasteiger partial charge in [-0.15, -0.1) is 0 Å². The van der Waals surface area contributed by atoms with Gasteiger partial charge >= 0.3 is 0 Å². The number of aryl methyl sites for hydroxylation is 1. The van der Waals surface area contributed by atoms with Gasteiger partial charge < -0.3 is 5.32 Å². The monoisotopic (exact) mass is 447 g/mol. The number of nitrogens with one attached hydrogen (secondary N) is 2. The maximum absolute atomic E-state index is 13.8. The SMILES string of the molecule is CC.Cc1nc(NC(=O)c2cc(Cl)ccc2F)sc1C(=O)NCC1=CCC=CC=C1. The molecule has 1 aliphatic rings. The van der Waals surface area contributed by atoms with Crippen LogP contribution in [0.1, 0.15) is 46.0 Å². The van der Waals surface area contributed by atoms with Crippen molar-refractivity contribution >= 4 is 39.9 Å². The van der Waals surface area contributed by atoms with E-state index in [4.69, 9.17) is 11.6 Å². The van der Waals surface area contributed by atoms with Gasteiger partial charge in [0.05, 0.1) is 11.3 Å². The van der Waals surface area contributed by atoms with Gasteiger partial charge in [0, 0.05) is 11.6 Å². The van der Waals surface area contributed by atoms with Crippen LogP contribution in [0.2, 0.25) is 5.02 Å². The summed E-state index contributed by atoms with van der Waals surface area (Å²) < 4.78 is 13.8. The topological polar surface area (TPSA) is 71.1 Å². The second-order valence-electron chi connectivity index (χ2n) is 6.00. The van der Waals surface area contributed by atoms with Gasteiger partial charge in [0.2, 0.25) is 0 Å². The standard InChI is InChI=1S/C20H17ClFN3O2S.C2H6/c1-12-17(19(27)23-11-13-6-4-2-3-5-7-13)28-20(24-12)25-18(26)15-10-14(21)8-9-16(15)22;1-2/h2-4,6-10H,5,11H2,1H3,(H,23,27)(H,24,25,26);1-2H3. The molecule has 5 nitrogen and oxygen atoms in total. The first-order valence-electron chi connectivity index (χ1n) is 9.48. The van der Waals surface area contributed by atoms with Crippen molar-refractivity contribution in [2.24, 2.45) is 0 Å². The van der Waals surface area contributed by atoms with Crippen molar-refractivity contribution in [1.29, 1.82) is 0 Å². The molecular weight excluding hydrogens is 425 g/mol. The quantitative estimate of drug-likeness (QED) is 0.618. The van der Waals surface area contributed by atoms with E-state index in [9.17, 15) is 14.0 Å². The minimum atomic E-state index is -0.688. The summed E-state index contributed by atoms with van der Waals surface area (Å²) in [4.78, 5) is 29.3. The van der Waals surface area contributed by atoms with Crippen molar-refractivity contribution in [3.63, 3.8) is 0 Å². The number of thiazole rings is 1. The summed E-state index contributed by atoms with van der Waals surface area (Å²) in [5, 5.41) is 5.82. The van der Waals surface area contributed by atoms with Gasteiger partial charge in [-0.3, -0.25) is 14.9 Å². The van der Waals surface area contributed by atoms with Gasteiger partial charge in [-0.2, -0.15) is 0 Å². The molecule has 158 valence electrons. The molecule has 0 saturated carbocycles. The molecule has 2 N–H and O–H groups in total. The number of carbonyl (C=O) groups is 2. The number of halogens is 2. The van der Waals surface area contributed by atoms with Crippen LogP contribution in [0.25, 0.3) is 0 Å². The third-order valence-electron chi connectivity index (χ3n) is 3.92. The molecule has 1 aliphatic carbocycles. The fourth-order valence-corrected chi connectivity index (χ4v) is 3.56. The Labute approximate surface area is 184 Å². The third kappa shape index (κ3) is 6.37. The zero-order valence-electron chi connectivity index (χ0n) is 17.0. The second kappa shape index (κ2) is 11.4. The molecule has 1 aromatic carbocycles. The first-order chi connectivity index (χ1) is 14.4. The molecule has 0 aliphatic heterocycles. The molecule has 0 saturated heterocycles. The van der Waals surface area contributed by atoms with E-state index >= 15 is 0 Å². The molecule has 3 rings (SSSR count). The van der Waals surface area contributed by atoms with Crippen LogP contribution in [-0.4, -0.2) is 23.3 Å². The van der Waals surface area contributed by atoms with Crippen LogP contribution in [0.5, 0.6) is 0 Å². The second-order valence-corrected chi connectivity index (χ2v) is 7.43. The van der Waals surface area contributed by atoms with Crippen molar-refractivity contribution in [2.75, 3.05) is 11.9 Å². The zero-order chi connectivity index (χ0) is 22.1. The average molecular weight is 448 g/mol. The van der Waals surface area contributed by atoms with E-state index in [1.807, 2.05) is 44.2 Å². The Balaban J connectivity index is 0.00000155. The summed E-state index contributed by atoms with van der Waals surface area (Å²) in [7, 11) is 0. The van der Waals surface area contributed by atoms with Crippen molar-refractivity contribution < 1.29 is 14.0 Å². The van der Waals surface area contributed by atoms with Crippen LogP contribution in [0.4, 0.5) is 9.52 Å². The molecule has 0 unspecified atom stereocenters. The van der Waals surface area contributed by atoms with E-state index in [0.717, 1.165) is 29.4 Å². The van der Waals surface area contributed by atoms with Crippen LogP contribution >= 0.6 is 22.9 Å². The lowest BCUT2D eigenvalue weighted by atomic mass is 10.2. The van der Waals surface area contributed by atoms with E-state index in [1.165, 1.54) is 12.1 Å². The Hall–Kier alpha value is -2.77. The molecule has 1 aromatic heterocycles. The molecule has 30 heavy (non-hydrogen) atoms. The molecule has 0 radical (unpaired) electrons. The van der Waals surface area contributed by atoms with Crippen molar-refractivity contribution in [2.45, 2.75) is 27.2 Å². The lowest BCUT2D eigenvalue weighted by Gasteiger charge is -2.05. The van der Waals surface area contributed by atoms with E-state index in [-0.39, 0.29) is 21.6 Å². The predicted octanol–water partition coefficient (Wildman–Crippen LogP) is 5.69. The first kappa shape index (κ1) is 23.5. The summed E-state index contributed by atoms with van der Waals surface area (Å²) in [6.45, 7) is 6.07. The number of hydrogen-bond donors (Lipinski definition) is 2. The highest BCUT2D eigenvalue weighted by atomic mass is 35.5. The van der Waals surface area contributed by atoms with Crippen molar-refractivity contribution in [3.8, 4) is 0 Å². The summed E-state index contributed by atoms with van der Waals surface area (Å²) in [6.07, 6.45) is 10.7. The highest BCUT2D eigenvalue weighted by Crippen LogP contribution is 2.24. The van der Waals surface area contributed by atoms with Gasteiger partial charge in [0.1, 0.15) is 10.7 Å². The molecule has 2 aromatic rings. The molecule has 0 atom stereocenters. The van der Waals surface area contributed by atoms with E-state index in [0.29, 0.717) is 17.1 Å². The fraction of sp³-hybridized carbons (Fsp3) is 0.227. The molecule has 0 spiro atoms. The van der Waals surface area contributed by atoms with Gasteiger partial charge in [-0.25, -0.2) is 9.37 Å². The Morgan fingerprint density at radius 3 is 2.77 bits per heavy atom. The first-order valence-corrected chi connectivity index (χ1v) is 10.7. The average Bonchev–Trinajstić information content (AvgIpc) is 2.93. The van der Waals surface area contributed by atoms with Crippen molar-refractivity contribution in [1.82, 2.24) is 10.3 Å². The minimum Gasteiger partial charge on any atom is -0.347 e. The third-order valence-corrected chi connectivity index (χ3v) is 5.23. The molecule has 8 heteroatoms. The molecule has 2 amide bonds. The molecule has 0 bridgehead atoms. The zero-order valence-corrected chi connectivity index (χ0v) is 18.5. The van der Waals surface area contributed by atoms with E-state index < -0.39 is 11.7 Å². The number of amides is 2. The molecule has 0 fully saturated rings. The van der Waals surface area contributed by atoms with Gasteiger partial charge in [-0.05, 0) is 37.1 Å². The van der Waals surface area contributed by atoms with Crippen LogP contribution < -0.4 is 10.6 Å². The Kier molecular flexibility index (Phi) is 8.95. The lowest BCUT2D eigenvalue weighted by Crippen LogP contribution is -2.25. The number of hydrogen-bond acceptors (Lipinski definition) is 4. The van der Waals surface area contributed by atoms with Gasteiger partial charge in [-0.1, -0.05) is 67.2 Å². The number of aromatic nitrogens is 1. The number of nitrogens with zero attached hydrogens (tertiary/aromatic N) is 1. The summed E-state index contributed by atoms with van der Waals surface area (Å²) in [6, 6.07) is 3.72. The van der Waals surface area contributed by atoms with Gasteiger partial charge in [0.15, 0.2) is 5.13 Å². The Morgan fingerprint density at radius 1 is 1.23 bits per heavy atom. The number of allylic oxidation sites excluding steroid dienone is 4. The number of anilines is 1. The fourth-order valence-electron chi connectivity index (χ4n) is 2.51. The van der Waals surface area contributed by atoms with Crippen LogP contribution in [-0.2, 0) is 0 Å².